The zero-order valence-corrected chi connectivity index (χ0v) is 26.0. The van der Waals surface area contributed by atoms with E-state index in [0.717, 1.165) is 54.1 Å². The largest absolute Gasteiger partial charge is 0.458 e. The van der Waals surface area contributed by atoms with Crippen molar-refractivity contribution in [3.05, 3.63) is 30.1 Å². The molecular weight excluding hydrogens is 516 g/mol. The first-order chi connectivity index (χ1) is 19.6. The van der Waals surface area contributed by atoms with Crippen LogP contribution in [0.4, 0.5) is 5.82 Å². The van der Waals surface area contributed by atoms with E-state index >= 15 is 0 Å². The Morgan fingerprint density at radius 3 is 2.46 bits per heavy atom. The van der Waals surface area contributed by atoms with E-state index in [9.17, 15) is 4.79 Å². The molecule has 0 unspecified atom stereocenters. The summed E-state index contributed by atoms with van der Waals surface area (Å²) in [6, 6.07) is 9.32. The number of nitrogens with two attached hydrogens (primary N) is 1. The number of nitrogens with zero attached hydrogens (tertiary/aromatic N) is 5. The van der Waals surface area contributed by atoms with Gasteiger partial charge in [0.15, 0.2) is 5.82 Å². The van der Waals surface area contributed by atoms with Crippen LogP contribution in [-0.4, -0.2) is 82.3 Å². The minimum atomic E-state index is -0.740. The van der Waals surface area contributed by atoms with Crippen molar-refractivity contribution in [1.82, 2.24) is 24.3 Å². The number of para-hydroxylation sites is 1. The Bertz CT molecular complexity index is 1300. The van der Waals surface area contributed by atoms with Gasteiger partial charge in [-0.2, -0.15) is 0 Å². The van der Waals surface area contributed by atoms with E-state index in [0.29, 0.717) is 43.6 Å². The second kappa shape index (κ2) is 13.9. The fourth-order valence-corrected chi connectivity index (χ4v) is 6.16. The lowest BCUT2D eigenvalue weighted by molar-refractivity contribution is -0.157. The number of esters is 1. The van der Waals surface area contributed by atoms with Gasteiger partial charge >= 0.3 is 5.97 Å². The van der Waals surface area contributed by atoms with Gasteiger partial charge in [-0.3, -0.25) is 4.79 Å². The summed E-state index contributed by atoms with van der Waals surface area (Å²) in [6.45, 7) is 8.30. The van der Waals surface area contributed by atoms with Gasteiger partial charge in [0.2, 0.25) is 0 Å². The molecule has 0 radical (unpaired) electrons. The maximum Gasteiger partial charge on any atom is 0.306 e. The topological polar surface area (TPSA) is 98.7 Å². The summed E-state index contributed by atoms with van der Waals surface area (Å²) in [5, 5.41) is 0.963. The lowest BCUT2D eigenvalue weighted by Crippen LogP contribution is -2.40. The van der Waals surface area contributed by atoms with Crippen LogP contribution in [0.25, 0.3) is 21.9 Å². The van der Waals surface area contributed by atoms with Crippen molar-refractivity contribution in [2.45, 2.75) is 103 Å². The molecule has 1 aliphatic carbocycles. The monoisotopic (exact) mass is 566 g/mol. The van der Waals surface area contributed by atoms with Gasteiger partial charge in [0.25, 0.3) is 0 Å². The second-order valence-corrected chi connectivity index (χ2v) is 12.4. The Labute approximate surface area is 245 Å². The Hall–Kier alpha value is -2.75. The number of nitrogen functional groups attached to an aromatic ring is 1. The van der Waals surface area contributed by atoms with Crippen LogP contribution in [0.1, 0.15) is 78.0 Å². The van der Waals surface area contributed by atoms with Gasteiger partial charge < -0.3 is 29.6 Å². The third-order valence-corrected chi connectivity index (χ3v) is 8.47. The summed E-state index contributed by atoms with van der Waals surface area (Å²) in [5.74, 6) is 0.971. The molecule has 2 aromatic heterocycles. The van der Waals surface area contributed by atoms with Crippen LogP contribution in [-0.2, 0) is 27.4 Å². The van der Waals surface area contributed by atoms with Gasteiger partial charge in [0, 0.05) is 30.5 Å². The number of ether oxygens (including phenoxy) is 2. The average molecular weight is 567 g/mol. The first-order valence-electron chi connectivity index (χ1n) is 15.3. The molecule has 4 rings (SSSR count). The van der Waals surface area contributed by atoms with Crippen LogP contribution in [0.3, 0.4) is 0 Å². The number of hydrogen-bond acceptors (Lipinski definition) is 8. The summed E-state index contributed by atoms with van der Waals surface area (Å²) >= 11 is 0. The molecular formula is C32H50N6O3. The summed E-state index contributed by atoms with van der Waals surface area (Å²) in [5.41, 5.74) is 7.93. The van der Waals surface area contributed by atoms with Crippen molar-refractivity contribution in [3.63, 3.8) is 0 Å². The standard InChI is InChI=1S/C32H50N6O3/c1-7-40-21-27-35-29-30(25-13-10-11-14-26(25)34-31(29)33)38(27)22-32(2,3)41-28(39)15-9-8-12-20-37(6)24-18-16-23(17-19-24)36(4)5/h10-11,13-14,23-24H,7-9,12,15-22H2,1-6H3,(H2,33,34)/t23-,24+. The van der Waals surface area contributed by atoms with E-state index in [2.05, 4.69) is 40.5 Å². The predicted molar refractivity (Wildman–Crippen MR) is 166 cm³/mol. The minimum absolute atomic E-state index is 0.160. The predicted octanol–water partition coefficient (Wildman–Crippen LogP) is 5.39. The average Bonchev–Trinajstić information content (AvgIpc) is 3.29. The number of carbonyl (C=O) groups excluding carboxylic acids is 1. The van der Waals surface area contributed by atoms with E-state index in [4.69, 9.17) is 20.2 Å². The molecule has 9 heteroatoms. The molecule has 0 amide bonds. The molecule has 0 aliphatic heterocycles. The number of pyridine rings is 1. The molecule has 1 aliphatic rings. The molecule has 41 heavy (non-hydrogen) atoms. The molecule has 9 nitrogen and oxygen atoms in total. The lowest BCUT2D eigenvalue weighted by Gasteiger charge is -2.37. The number of fused-ring (bicyclic) bond motifs is 3. The second-order valence-electron chi connectivity index (χ2n) is 12.4. The van der Waals surface area contributed by atoms with Crippen molar-refractivity contribution in [2.24, 2.45) is 0 Å². The molecule has 226 valence electrons. The Kier molecular flexibility index (Phi) is 10.6. The van der Waals surface area contributed by atoms with Crippen LogP contribution in [0.2, 0.25) is 0 Å². The third kappa shape index (κ3) is 7.96. The third-order valence-electron chi connectivity index (χ3n) is 8.47. The maximum absolute atomic E-state index is 12.9. The number of aromatic nitrogens is 3. The first kappa shape index (κ1) is 31.2. The van der Waals surface area contributed by atoms with Gasteiger partial charge in [0.1, 0.15) is 23.5 Å². The molecule has 0 saturated heterocycles. The van der Waals surface area contributed by atoms with Crippen molar-refractivity contribution in [1.29, 1.82) is 0 Å². The molecule has 1 aromatic carbocycles. The summed E-state index contributed by atoms with van der Waals surface area (Å²) in [7, 11) is 6.64. The van der Waals surface area contributed by atoms with E-state index in [1.54, 1.807) is 0 Å². The fraction of sp³-hybridized carbons (Fsp3) is 0.656. The molecule has 0 bridgehead atoms. The quantitative estimate of drug-likeness (QED) is 0.205. The highest BCUT2D eigenvalue weighted by molar-refractivity contribution is 6.06. The van der Waals surface area contributed by atoms with Gasteiger partial charge in [-0.05, 0) is 93.1 Å². The Balaban J connectivity index is 1.31. The fourth-order valence-electron chi connectivity index (χ4n) is 6.16. The number of unbranched alkanes of at least 4 members (excludes halogenated alkanes) is 2. The summed E-state index contributed by atoms with van der Waals surface area (Å²) < 4.78 is 13.8. The van der Waals surface area contributed by atoms with Crippen LogP contribution in [0, 0.1) is 0 Å². The number of rotatable bonds is 14. The van der Waals surface area contributed by atoms with Gasteiger partial charge in [-0.15, -0.1) is 0 Å². The van der Waals surface area contributed by atoms with E-state index < -0.39 is 5.60 Å². The van der Waals surface area contributed by atoms with Crippen LogP contribution >= 0.6 is 0 Å². The molecule has 1 saturated carbocycles. The lowest BCUT2D eigenvalue weighted by atomic mass is 9.89. The maximum atomic E-state index is 12.9. The minimum Gasteiger partial charge on any atom is -0.458 e. The highest BCUT2D eigenvalue weighted by Crippen LogP contribution is 2.31. The van der Waals surface area contributed by atoms with E-state index in [1.807, 2.05) is 45.0 Å². The van der Waals surface area contributed by atoms with Gasteiger partial charge in [0.05, 0.1) is 17.6 Å². The highest BCUT2D eigenvalue weighted by atomic mass is 16.6. The van der Waals surface area contributed by atoms with Crippen molar-refractivity contribution < 1.29 is 14.3 Å². The smallest absolute Gasteiger partial charge is 0.306 e. The Morgan fingerprint density at radius 2 is 1.76 bits per heavy atom. The van der Waals surface area contributed by atoms with E-state index in [1.165, 1.54) is 25.7 Å². The van der Waals surface area contributed by atoms with Gasteiger partial charge in [-0.1, -0.05) is 24.6 Å². The molecule has 3 aromatic rings. The number of imidazole rings is 1. The molecule has 1 fully saturated rings. The summed E-state index contributed by atoms with van der Waals surface area (Å²) in [4.78, 5) is 27.1. The van der Waals surface area contributed by atoms with Gasteiger partial charge in [-0.25, -0.2) is 9.97 Å². The first-order valence-corrected chi connectivity index (χ1v) is 15.3. The molecule has 0 spiro atoms. The van der Waals surface area contributed by atoms with Crippen molar-refractivity contribution >= 4 is 33.7 Å². The molecule has 2 N–H and O–H groups in total. The Morgan fingerprint density at radius 1 is 1.05 bits per heavy atom. The SMILES string of the molecule is CCOCc1nc2c(N)nc3ccccc3c2n1CC(C)(C)OC(=O)CCCCCN(C)[C@H]1CC[C@@H](N(C)C)CC1. The van der Waals surface area contributed by atoms with Crippen molar-refractivity contribution in [2.75, 3.05) is 40.0 Å². The van der Waals surface area contributed by atoms with Crippen molar-refractivity contribution in [3.8, 4) is 0 Å². The number of carbonyl (C=O) groups is 1. The number of anilines is 1. The zero-order chi connectivity index (χ0) is 29.6. The van der Waals surface area contributed by atoms with Crippen LogP contribution in [0.5, 0.6) is 0 Å². The highest BCUT2D eigenvalue weighted by Gasteiger charge is 2.28. The normalized spacial score (nSPS) is 18.1. The number of hydrogen-bond donors (Lipinski definition) is 1. The number of benzene rings is 1. The molecule has 0 atom stereocenters. The van der Waals surface area contributed by atoms with Crippen LogP contribution < -0.4 is 5.73 Å². The summed E-state index contributed by atoms with van der Waals surface area (Å²) in [6.07, 6.45) is 8.51. The van der Waals surface area contributed by atoms with Crippen LogP contribution in [0.15, 0.2) is 24.3 Å². The molecule has 2 heterocycles. The zero-order valence-electron chi connectivity index (χ0n) is 26.0. The van der Waals surface area contributed by atoms with E-state index in [-0.39, 0.29) is 5.97 Å².